The van der Waals surface area contributed by atoms with Crippen molar-refractivity contribution in [2.24, 2.45) is 0 Å². The molecule has 0 bridgehead atoms. The van der Waals surface area contributed by atoms with Gasteiger partial charge < -0.3 is 9.73 Å². The number of benzene rings is 1. The fourth-order valence-corrected chi connectivity index (χ4v) is 3.20. The molecule has 1 amide bonds. The summed E-state index contributed by atoms with van der Waals surface area (Å²) in [6, 6.07) is 9.92. The summed E-state index contributed by atoms with van der Waals surface area (Å²) >= 11 is 0. The highest BCUT2D eigenvalue weighted by molar-refractivity contribution is 5.94. The minimum absolute atomic E-state index is 0.0188. The molecule has 0 aliphatic carbocycles. The molecule has 5 heteroatoms. The average Bonchev–Trinajstić information content (AvgIpc) is 3.02. The smallest absolute Gasteiger partial charge is 0.254 e. The maximum absolute atomic E-state index is 13.8. The zero-order valence-electron chi connectivity index (χ0n) is 13.9. The van der Waals surface area contributed by atoms with Gasteiger partial charge in [0.15, 0.2) is 0 Å². The number of aryl methyl sites for hydroxylation is 1. The molecule has 0 radical (unpaired) electrons. The molecule has 24 heavy (non-hydrogen) atoms. The Kier molecular flexibility index (Phi) is 5.30. The molecule has 1 aromatic heterocycles. The van der Waals surface area contributed by atoms with Crippen molar-refractivity contribution in [2.75, 3.05) is 19.6 Å². The van der Waals surface area contributed by atoms with Crippen molar-refractivity contribution >= 4 is 5.91 Å². The molecule has 1 fully saturated rings. The van der Waals surface area contributed by atoms with E-state index in [1.54, 1.807) is 12.1 Å². The van der Waals surface area contributed by atoms with E-state index >= 15 is 0 Å². The summed E-state index contributed by atoms with van der Waals surface area (Å²) in [5.74, 6) is 0.812. The molecule has 1 atom stereocenters. The van der Waals surface area contributed by atoms with E-state index in [1.807, 2.05) is 19.1 Å². The van der Waals surface area contributed by atoms with Crippen molar-refractivity contribution < 1.29 is 13.6 Å². The topological polar surface area (TPSA) is 45.5 Å². The summed E-state index contributed by atoms with van der Waals surface area (Å²) in [6.07, 6.45) is 3.54. The number of carbonyl (C=O) groups excluding carboxylic acids is 1. The summed E-state index contributed by atoms with van der Waals surface area (Å²) < 4.78 is 19.5. The number of carbonyl (C=O) groups is 1. The van der Waals surface area contributed by atoms with Gasteiger partial charge in [0, 0.05) is 6.54 Å². The molecule has 1 aliphatic rings. The van der Waals surface area contributed by atoms with Crippen LogP contribution in [0.15, 0.2) is 40.8 Å². The second-order valence-electron chi connectivity index (χ2n) is 6.25. The maximum atomic E-state index is 13.8. The highest BCUT2D eigenvalue weighted by atomic mass is 19.1. The lowest BCUT2D eigenvalue weighted by atomic mass is 10.1. The number of amides is 1. The molecule has 1 unspecified atom stereocenters. The van der Waals surface area contributed by atoms with E-state index in [4.69, 9.17) is 4.42 Å². The van der Waals surface area contributed by atoms with E-state index in [-0.39, 0.29) is 11.6 Å². The van der Waals surface area contributed by atoms with Crippen LogP contribution in [0.5, 0.6) is 0 Å². The lowest BCUT2D eigenvalue weighted by Gasteiger charge is -2.33. The first-order chi connectivity index (χ1) is 11.6. The predicted molar refractivity (Wildman–Crippen MR) is 90.3 cm³/mol. The number of nitrogens with one attached hydrogen (secondary N) is 1. The zero-order valence-corrected chi connectivity index (χ0v) is 13.9. The largest absolute Gasteiger partial charge is 0.465 e. The van der Waals surface area contributed by atoms with Crippen LogP contribution in [0.2, 0.25) is 0 Å². The summed E-state index contributed by atoms with van der Waals surface area (Å²) in [7, 11) is 0. The van der Waals surface area contributed by atoms with E-state index < -0.39 is 11.7 Å². The van der Waals surface area contributed by atoms with Crippen LogP contribution < -0.4 is 5.32 Å². The van der Waals surface area contributed by atoms with Crippen LogP contribution in [0.3, 0.4) is 0 Å². The Morgan fingerprint density at radius 2 is 1.96 bits per heavy atom. The van der Waals surface area contributed by atoms with Gasteiger partial charge >= 0.3 is 0 Å². The Hall–Kier alpha value is -2.14. The number of halogens is 1. The molecule has 128 valence electrons. The van der Waals surface area contributed by atoms with Crippen molar-refractivity contribution in [1.82, 2.24) is 10.2 Å². The Morgan fingerprint density at radius 1 is 1.21 bits per heavy atom. The van der Waals surface area contributed by atoms with E-state index in [0.29, 0.717) is 6.54 Å². The molecule has 4 nitrogen and oxygen atoms in total. The molecule has 1 N–H and O–H groups in total. The third-order valence-corrected chi connectivity index (χ3v) is 4.50. The Morgan fingerprint density at radius 3 is 2.62 bits per heavy atom. The number of rotatable bonds is 5. The highest BCUT2D eigenvalue weighted by Crippen LogP contribution is 2.25. The van der Waals surface area contributed by atoms with Crippen LogP contribution in [0.1, 0.15) is 47.2 Å². The van der Waals surface area contributed by atoms with Gasteiger partial charge in [-0.2, -0.15) is 0 Å². The zero-order chi connectivity index (χ0) is 16.9. The van der Waals surface area contributed by atoms with Gasteiger partial charge in [-0.3, -0.25) is 9.69 Å². The number of likely N-dealkylation sites (tertiary alicyclic amines) is 1. The number of piperidine rings is 1. The predicted octanol–water partition coefficient (Wildman–Crippen LogP) is 3.68. The Balaban J connectivity index is 1.72. The van der Waals surface area contributed by atoms with Crippen LogP contribution in [0, 0.1) is 12.7 Å². The molecule has 2 heterocycles. The van der Waals surface area contributed by atoms with Crippen molar-refractivity contribution in [1.29, 1.82) is 0 Å². The molecule has 0 spiro atoms. The first-order valence-corrected chi connectivity index (χ1v) is 8.48. The first kappa shape index (κ1) is 16.7. The van der Waals surface area contributed by atoms with Gasteiger partial charge in [-0.25, -0.2) is 4.39 Å². The lowest BCUT2D eigenvalue weighted by Crippen LogP contribution is -2.40. The SMILES string of the molecule is Cc1ccc(C(CNC(=O)c2ccccc2F)N2CCCCC2)o1. The quantitative estimate of drug-likeness (QED) is 0.909. The first-order valence-electron chi connectivity index (χ1n) is 8.48. The molecule has 0 saturated carbocycles. The fourth-order valence-electron chi connectivity index (χ4n) is 3.20. The monoisotopic (exact) mass is 330 g/mol. The summed E-state index contributed by atoms with van der Waals surface area (Å²) in [5.41, 5.74) is 0.0746. The molecule has 1 saturated heterocycles. The number of hydrogen-bond acceptors (Lipinski definition) is 3. The molecular formula is C19H23FN2O2. The van der Waals surface area contributed by atoms with Crippen LogP contribution in [0.4, 0.5) is 4.39 Å². The summed E-state index contributed by atoms with van der Waals surface area (Å²) in [6.45, 7) is 4.29. The molecule has 3 rings (SSSR count). The molecule has 2 aromatic rings. The Bertz CT molecular complexity index is 692. The van der Waals surface area contributed by atoms with Crippen LogP contribution in [-0.2, 0) is 0 Å². The lowest BCUT2D eigenvalue weighted by molar-refractivity contribution is 0.0910. The van der Waals surface area contributed by atoms with E-state index in [9.17, 15) is 9.18 Å². The van der Waals surface area contributed by atoms with E-state index in [1.165, 1.54) is 18.6 Å². The average molecular weight is 330 g/mol. The van der Waals surface area contributed by atoms with Crippen LogP contribution in [0.25, 0.3) is 0 Å². The van der Waals surface area contributed by atoms with Crippen molar-refractivity contribution in [3.63, 3.8) is 0 Å². The minimum atomic E-state index is -0.502. The summed E-state index contributed by atoms with van der Waals surface area (Å²) in [5, 5.41) is 2.86. The summed E-state index contributed by atoms with van der Waals surface area (Å²) in [4.78, 5) is 14.6. The maximum Gasteiger partial charge on any atom is 0.254 e. The van der Waals surface area contributed by atoms with Gasteiger partial charge in [0.25, 0.3) is 5.91 Å². The van der Waals surface area contributed by atoms with Crippen LogP contribution >= 0.6 is 0 Å². The van der Waals surface area contributed by atoms with Gasteiger partial charge in [-0.1, -0.05) is 18.6 Å². The number of hydrogen-bond donors (Lipinski definition) is 1. The second kappa shape index (κ2) is 7.62. The number of furan rings is 1. The van der Waals surface area contributed by atoms with E-state index in [0.717, 1.165) is 37.5 Å². The van der Waals surface area contributed by atoms with Crippen molar-refractivity contribution in [3.8, 4) is 0 Å². The van der Waals surface area contributed by atoms with Gasteiger partial charge in [0.05, 0.1) is 11.6 Å². The van der Waals surface area contributed by atoms with Gasteiger partial charge in [0.2, 0.25) is 0 Å². The fraction of sp³-hybridized carbons (Fsp3) is 0.421. The van der Waals surface area contributed by atoms with Gasteiger partial charge in [-0.05, 0) is 57.1 Å². The minimum Gasteiger partial charge on any atom is -0.465 e. The molecule has 1 aliphatic heterocycles. The highest BCUT2D eigenvalue weighted by Gasteiger charge is 2.25. The molecule has 1 aromatic carbocycles. The second-order valence-corrected chi connectivity index (χ2v) is 6.25. The van der Waals surface area contributed by atoms with Gasteiger partial charge in [-0.15, -0.1) is 0 Å². The third-order valence-electron chi connectivity index (χ3n) is 4.50. The standard InChI is InChI=1S/C19H23FN2O2/c1-14-9-10-18(24-14)17(22-11-5-2-6-12-22)13-21-19(23)15-7-3-4-8-16(15)20/h3-4,7-10,17H,2,5-6,11-13H2,1H3,(H,21,23). The van der Waals surface area contributed by atoms with Crippen molar-refractivity contribution in [3.05, 3.63) is 59.3 Å². The van der Waals surface area contributed by atoms with Crippen molar-refractivity contribution in [2.45, 2.75) is 32.2 Å². The number of nitrogens with zero attached hydrogens (tertiary/aromatic N) is 1. The molecular weight excluding hydrogens is 307 g/mol. The Labute approximate surface area is 141 Å². The normalized spacial score (nSPS) is 16.8. The van der Waals surface area contributed by atoms with Crippen LogP contribution in [-0.4, -0.2) is 30.4 Å². The third kappa shape index (κ3) is 3.85. The van der Waals surface area contributed by atoms with E-state index in [2.05, 4.69) is 10.2 Å². The van der Waals surface area contributed by atoms with Gasteiger partial charge in [0.1, 0.15) is 17.3 Å².